The van der Waals surface area contributed by atoms with Gasteiger partial charge >= 0.3 is 0 Å². The molecular weight excluding hydrogens is 326 g/mol. The fourth-order valence-corrected chi connectivity index (χ4v) is 3.10. The van der Waals surface area contributed by atoms with Gasteiger partial charge in [0.2, 0.25) is 5.91 Å². The van der Waals surface area contributed by atoms with Crippen LogP contribution in [0.15, 0.2) is 67.0 Å². The maximum atomic E-state index is 12.2. The van der Waals surface area contributed by atoms with Crippen molar-refractivity contribution in [3.63, 3.8) is 0 Å². The van der Waals surface area contributed by atoms with E-state index in [9.17, 15) is 4.79 Å². The van der Waals surface area contributed by atoms with Crippen molar-refractivity contribution in [2.75, 3.05) is 0 Å². The van der Waals surface area contributed by atoms with Crippen LogP contribution in [0.4, 0.5) is 0 Å². The Morgan fingerprint density at radius 3 is 2.69 bits per heavy atom. The van der Waals surface area contributed by atoms with Gasteiger partial charge in [0.1, 0.15) is 18.2 Å². The SMILES string of the molecule is O=C(NCc1ncc[nH]1)[C@@H]1C[C@H]1c1ccc(OCc2ccccc2)cc1. The molecule has 26 heavy (non-hydrogen) atoms. The number of H-pyrrole nitrogens is 1. The highest BCUT2D eigenvalue weighted by molar-refractivity contribution is 5.82. The van der Waals surface area contributed by atoms with E-state index >= 15 is 0 Å². The lowest BCUT2D eigenvalue weighted by molar-refractivity contribution is -0.122. The van der Waals surface area contributed by atoms with Crippen LogP contribution in [0.3, 0.4) is 0 Å². The molecule has 0 aliphatic heterocycles. The molecule has 132 valence electrons. The first kappa shape index (κ1) is 16.4. The number of benzene rings is 2. The molecule has 4 rings (SSSR count). The van der Waals surface area contributed by atoms with Crippen LogP contribution in [0.5, 0.6) is 5.75 Å². The molecule has 0 spiro atoms. The number of imidazole rings is 1. The minimum Gasteiger partial charge on any atom is -0.489 e. The van der Waals surface area contributed by atoms with Crippen LogP contribution < -0.4 is 10.1 Å². The Labute approximate surface area is 152 Å². The van der Waals surface area contributed by atoms with Crippen molar-refractivity contribution in [3.05, 3.63) is 83.9 Å². The quantitative estimate of drug-likeness (QED) is 0.688. The lowest BCUT2D eigenvalue weighted by Gasteiger charge is -2.07. The first-order chi connectivity index (χ1) is 12.8. The molecule has 1 aliphatic rings. The number of carbonyl (C=O) groups excluding carboxylic acids is 1. The number of amides is 1. The Balaban J connectivity index is 1.27. The number of aromatic amines is 1. The van der Waals surface area contributed by atoms with Gasteiger partial charge in [-0.1, -0.05) is 42.5 Å². The van der Waals surface area contributed by atoms with Gasteiger partial charge in [-0.3, -0.25) is 4.79 Å². The highest BCUT2D eigenvalue weighted by Gasteiger charge is 2.43. The molecule has 1 aliphatic carbocycles. The Morgan fingerprint density at radius 2 is 1.96 bits per heavy atom. The van der Waals surface area contributed by atoms with E-state index in [0.717, 1.165) is 23.6 Å². The standard InChI is InChI=1S/C21H21N3O2/c25-21(24-13-20-22-10-11-23-20)19-12-18(19)16-6-8-17(9-7-16)26-14-15-4-2-1-3-5-15/h1-11,18-19H,12-14H2,(H,22,23)(H,24,25)/t18-,19+/m0/s1. The van der Waals surface area contributed by atoms with Crippen LogP contribution in [-0.2, 0) is 17.9 Å². The average Bonchev–Trinajstić information content (AvgIpc) is 3.32. The van der Waals surface area contributed by atoms with Crippen molar-refractivity contribution in [3.8, 4) is 5.75 Å². The van der Waals surface area contributed by atoms with Crippen molar-refractivity contribution >= 4 is 5.91 Å². The van der Waals surface area contributed by atoms with E-state index in [1.165, 1.54) is 5.56 Å². The maximum Gasteiger partial charge on any atom is 0.224 e. The molecule has 1 heterocycles. The second-order valence-corrected chi connectivity index (χ2v) is 6.55. The van der Waals surface area contributed by atoms with E-state index in [-0.39, 0.29) is 11.8 Å². The van der Waals surface area contributed by atoms with E-state index in [4.69, 9.17) is 4.74 Å². The fraction of sp³-hybridized carbons (Fsp3) is 0.238. The van der Waals surface area contributed by atoms with Gasteiger partial charge in [-0.15, -0.1) is 0 Å². The van der Waals surface area contributed by atoms with E-state index in [2.05, 4.69) is 27.4 Å². The number of ether oxygens (including phenoxy) is 1. The number of carbonyl (C=O) groups is 1. The topological polar surface area (TPSA) is 67.0 Å². The maximum absolute atomic E-state index is 12.2. The molecule has 1 fully saturated rings. The van der Waals surface area contributed by atoms with Crippen LogP contribution in [0.2, 0.25) is 0 Å². The first-order valence-electron chi connectivity index (χ1n) is 8.82. The molecule has 1 aromatic heterocycles. The second kappa shape index (κ2) is 7.44. The predicted octanol–water partition coefficient (Wildman–Crippen LogP) is 3.41. The molecular formula is C21H21N3O2. The number of aromatic nitrogens is 2. The molecule has 0 saturated heterocycles. The molecule has 0 radical (unpaired) electrons. The van der Waals surface area contributed by atoms with Gasteiger partial charge in [0.05, 0.1) is 6.54 Å². The van der Waals surface area contributed by atoms with Gasteiger partial charge in [-0.2, -0.15) is 0 Å². The normalized spacial score (nSPS) is 18.3. The lowest BCUT2D eigenvalue weighted by atomic mass is 10.1. The van der Waals surface area contributed by atoms with Gasteiger partial charge in [-0.25, -0.2) is 4.98 Å². The minimum absolute atomic E-state index is 0.0565. The summed E-state index contributed by atoms with van der Waals surface area (Å²) in [6.07, 6.45) is 4.33. The summed E-state index contributed by atoms with van der Waals surface area (Å²) >= 11 is 0. The molecule has 0 bridgehead atoms. The van der Waals surface area contributed by atoms with Crippen molar-refractivity contribution < 1.29 is 9.53 Å². The predicted molar refractivity (Wildman–Crippen MR) is 98.5 cm³/mol. The number of nitrogens with zero attached hydrogens (tertiary/aromatic N) is 1. The largest absolute Gasteiger partial charge is 0.489 e. The molecule has 2 aromatic carbocycles. The van der Waals surface area contributed by atoms with Crippen molar-refractivity contribution in [2.24, 2.45) is 5.92 Å². The van der Waals surface area contributed by atoms with Crippen molar-refractivity contribution in [1.82, 2.24) is 15.3 Å². The molecule has 2 N–H and O–H groups in total. The third kappa shape index (κ3) is 3.94. The van der Waals surface area contributed by atoms with E-state index in [1.807, 2.05) is 42.5 Å². The Kier molecular flexibility index (Phi) is 4.69. The highest BCUT2D eigenvalue weighted by Crippen LogP contribution is 2.47. The van der Waals surface area contributed by atoms with Gasteiger partial charge in [0.15, 0.2) is 0 Å². The van der Waals surface area contributed by atoms with E-state index < -0.39 is 0 Å². The monoisotopic (exact) mass is 347 g/mol. The average molecular weight is 347 g/mol. The lowest BCUT2D eigenvalue weighted by Crippen LogP contribution is -2.25. The summed E-state index contributed by atoms with van der Waals surface area (Å²) in [7, 11) is 0. The number of nitrogens with one attached hydrogen (secondary N) is 2. The Morgan fingerprint density at radius 1 is 1.15 bits per heavy atom. The summed E-state index contributed by atoms with van der Waals surface area (Å²) in [4.78, 5) is 19.3. The summed E-state index contributed by atoms with van der Waals surface area (Å²) < 4.78 is 5.81. The molecule has 2 atom stereocenters. The van der Waals surface area contributed by atoms with Crippen LogP contribution in [0.1, 0.15) is 29.3 Å². The zero-order chi connectivity index (χ0) is 17.8. The van der Waals surface area contributed by atoms with Crippen LogP contribution in [0, 0.1) is 5.92 Å². The molecule has 5 nitrogen and oxygen atoms in total. The number of rotatable bonds is 7. The third-order valence-electron chi connectivity index (χ3n) is 4.67. The van der Waals surface area contributed by atoms with Gasteiger partial charge in [0.25, 0.3) is 0 Å². The Bertz CT molecular complexity index is 845. The van der Waals surface area contributed by atoms with Crippen LogP contribution in [-0.4, -0.2) is 15.9 Å². The van der Waals surface area contributed by atoms with Crippen molar-refractivity contribution in [2.45, 2.75) is 25.5 Å². The number of hydrogen-bond acceptors (Lipinski definition) is 3. The van der Waals surface area contributed by atoms with Crippen LogP contribution in [0.25, 0.3) is 0 Å². The van der Waals surface area contributed by atoms with E-state index in [0.29, 0.717) is 19.1 Å². The van der Waals surface area contributed by atoms with Gasteiger partial charge in [0, 0.05) is 18.3 Å². The van der Waals surface area contributed by atoms with Gasteiger partial charge < -0.3 is 15.0 Å². The zero-order valence-electron chi connectivity index (χ0n) is 14.4. The summed E-state index contributed by atoms with van der Waals surface area (Å²) in [5.41, 5.74) is 2.34. The Hall–Kier alpha value is -3.08. The second-order valence-electron chi connectivity index (χ2n) is 6.55. The third-order valence-corrected chi connectivity index (χ3v) is 4.67. The molecule has 0 unspecified atom stereocenters. The first-order valence-corrected chi connectivity index (χ1v) is 8.82. The fourth-order valence-electron chi connectivity index (χ4n) is 3.10. The highest BCUT2D eigenvalue weighted by atomic mass is 16.5. The van der Waals surface area contributed by atoms with Gasteiger partial charge in [-0.05, 0) is 35.6 Å². The molecule has 5 heteroatoms. The molecule has 1 amide bonds. The number of hydrogen-bond donors (Lipinski definition) is 2. The van der Waals surface area contributed by atoms with Crippen molar-refractivity contribution in [1.29, 1.82) is 0 Å². The summed E-state index contributed by atoms with van der Waals surface area (Å²) in [5.74, 6) is 2.07. The smallest absolute Gasteiger partial charge is 0.224 e. The summed E-state index contributed by atoms with van der Waals surface area (Å²) in [5, 5.41) is 2.94. The minimum atomic E-state index is 0.0565. The van der Waals surface area contributed by atoms with Crippen LogP contribution >= 0.6 is 0 Å². The summed E-state index contributed by atoms with van der Waals surface area (Å²) in [6.45, 7) is 1.00. The van der Waals surface area contributed by atoms with E-state index in [1.54, 1.807) is 12.4 Å². The zero-order valence-corrected chi connectivity index (χ0v) is 14.4. The molecule has 3 aromatic rings. The summed E-state index contributed by atoms with van der Waals surface area (Å²) in [6, 6.07) is 18.2. The molecule has 1 saturated carbocycles.